The molecule has 2 rings (SSSR count). The number of Topliss-reactive ketones (excluding diaryl/α,β-unsaturated/α-hetero) is 1. The van der Waals surface area contributed by atoms with Crippen molar-refractivity contribution >= 4 is 5.78 Å². The summed E-state index contributed by atoms with van der Waals surface area (Å²) >= 11 is 0. The van der Waals surface area contributed by atoms with E-state index in [1.54, 1.807) is 0 Å². The molecule has 1 aliphatic heterocycles. The molecule has 1 atom stereocenters. The summed E-state index contributed by atoms with van der Waals surface area (Å²) in [6, 6.07) is 0. The van der Waals surface area contributed by atoms with Gasteiger partial charge in [-0.15, -0.1) is 0 Å². The van der Waals surface area contributed by atoms with E-state index in [1.807, 2.05) is 0 Å². The molecular formula is C15H25NO. The zero-order valence-electron chi connectivity index (χ0n) is 10.8. The number of hydrogen-bond donors (Lipinski definition) is 1. The molecule has 1 heterocycles. The lowest BCUT2D eigenvalue weighted by molar-refractivity contribution is -0.116. The summed E-state index contributed by atoms with van der Waals surface area (Å²) in [6.07, 6.45) is 12.7. The van der Waals surface area contributed by atoms with E-state index in [1.165, 1.54) is 38.5 Å². The van der Waals surface area contributed by atoms with Gasteiger partial charge in [0.2, 0.25) is 0 Å². The first-order valence-corrected chi connectivity index (χ1v) is 7.29. The molecule has 96 valence electrons. The van der Waals surface area contributed by atoms with E-state index in [4.69, 9.17) is 0 Å². The van der Waals surface area contributed by atoms with Gasteiger partial charge in [0, 0.05) is 6.42 Å². The summed E-state index contributed by atoms with van der Waals surface area (Å²) in [4.78, 5) is 12.2. The lowest BCUT2D eigenvalue weighted by Crippen LogP contribution is -2.31. The van der Waals surface area contributed by atoms with Crippen molar-refractivity contribution < 1.29 is 4.79 Å². The van der Waals surface area contributed by atoms with Crippen LogP contribution in [0.15, 0.2) is 11.6 Å². The number of allylic oxidation sites excluding steroid dienone is 2. The Morgan fingerprint density at radius 1 is 1.24 bits per heavy atom. The molecule has 0 bridgehead atoms. The molecule has 1 aliphatic carbocycles. The van der Waals surface area contributed by atoms with Crippen molar-refractivity contribution in [2.45, 2.75) is 57.8 Å². The summed E-state index contributed by atoms with van der Waals surface area (Å²) < 4.78 is 0. The number of nitrogens with one attached hydrogen (secondary N) is 1. The number of carbonyl (C=O) groups excluding carboxylic acids is 1. The van der Waals surface area contributed by atoms with Gasteiger partial charge in [-0.1, -0.05) is 18.9 Å². The second-order valence-corrected chi connectivity index (χ2v) is 5.52. The Morgan fingerprint density at radius 3 is 2.94 bits per heavy atom. The standard InChI is InChI=1S/C15H25NO/c17-15(11-13-7-6-10-16-12-13)14-8-4-2-1-3-5-9-14/h8,13,16H,1-7,9-12H2. The Labute approximate surface area is 105 Å². The molecular weight excluding hydrogens is 210 g/mol. The SMILES string of the molecule is O=C(CC1CCCNC1)C1=CCCCCCC1. The van der Waals surface area contributed by atoms with Crippen LogP contribution in [0.4, 0.5) is 0 Å². The highest BCUT2D eigenvalue weighted by Gasteiger charge is 2.19. The molecule has 0 aromatic rings. The van der Waals surface area contributed by atoms with E-state index < -0.39 is 0 Å². The average molecular weight is 235 g/mol. The fourth-order valence-electron chi connectivity index (χ4n) is 2.94. The van der Waals surface area contributed by atoms with E-state index in [0.29, 0.717) is 11.7 Å². The third-order valence-corrected chi connectivity index (χ3v) is 4.02. The maximum absolute atomic E-state index is 12.2. The molecule has 2 nitrogen and oxygen atoms in total. The lowest BCUT2D eigenvalue weighted by Gasteiger charge is -2.22. The highest BCUT2D eigenvalue weighted by atomic mass is 16.1. The highest BCUT2D eigenvalue weighted by molar-refractivity contribution is 5.95. The Kier molecular flexibility index (Phi) is 5.24. The molecule has 1 N–H and O–H groups in total. The number of rotatable bonds is 3. The summed E-state index contributed by atoms with van der Waals surface area (Å²) in [5.41, 5.74) is 1.13. The molecule has 0 saturated carbocycles. The van der Waals surface area contributed by atoms with Crippen LogP contribution in [0, 0.1) is 5.92 Å². The predicted octanol–water partition coefficient (Wildman–Crippen LogP) is 3.23. The predicted molar refractivity (Wildman–Crippen MR) is 71.0 cm³/mol. The minimum absolute atomic E-state index is 0.431. The van der Waals surface area contributed by atoms with Crippen molar-refractivity contribution in [1.29, 1.82) is 0 Å². The molecule has 1 fully saturated rings. The summed E-state index contributed by atoms with van der Waals surface area (Å²) in [7, 11) is 0. The van der Waals surface area contributed by atoms with Crippen LogP contribution < -0.4 is 5.32 Å². The largest absolute Gasteiger partial charge is 0.316 e. The molecule has 0 radical (unpaired) electrons. The van der Waals surface area contributed by atoms with E-state index in [2.05, 4.69) is 11.4 Å². The van der Waals surface area contributed by atoms with Gasteiger partial charge in [-0.2, -0.15) is 0 Å². The van der Waals surface area contributed by atoms with Crippen LogP contribution in [0.25, 0.3) is 0 Å². The molecule has 1 unspecified atom stereocenters. The second kappa shape index (κ2) is 6.95. The third-order valence-electron chi connectivity index (χ3n) is 4.02. The number of piperidine rings is 1. The zero-order chi connectivity index (χ0) is 11.9. The third kappa shape index (κ3) is 4.27. The fraction of sp³-hybridized carbons (Fsp3) is 0.800. The van der Waals surface area contributed by atoms with Crippen LogP contribution in [-0.4, -0.2) is 18.9 Å². The van der Waals surface area contributed by atoms with Gasteiger partial charge in [-0.05, 0) is 63.1 Å². The van der Waals surface area contributed by atoms with Gasteiger partial charge in [-0.25, -0.2) is 0 Å². The van der Waals surface area contributed by atoms with Crippen LogP contribution in [0.3, 0.4) is 0 Å². The van der Waals surface area contributed by atoms with E-state index in [-0.39, 0.29) is 0 Å². The van der Waals surface area contributed by atoms with Gasteiger partial charge in [0.25, 0.3) is 0 Å². The van der Waals surface area contributed by atoms with E-state index in [9.17, 15) is 4.79 Å². The molecule has 2 aliphatic rings. The summed E-state index contributed by atoms with van der Waals surface area (Å²) in [5.74, 6) is 1.02. The van der Waals surface area contributed by atoms with Crippen molar-refractivity contribution in [3.05, 3.63) is 11.6 Å². The molecule has 17 heavy (non-hydrogen) atoms. The van der Waals surface area contributed by atoms with Gasteiger partial charge < -0.3 is 5.32 Å². The first kappa shape index (κ1) is 12.8. The smallest absolute Gasteiger partial charge is 0.158 e. The molecule has 1 saturated heterocycles. The van der Waals surface area contributed by atoms with E-state index in [0.717, 1.165) is 37.9 Å². The maximum atomic E-state index is 12.2. The molecule has 0 aromatic heterocycles. The molecule has 0 amide bonds. The van der Waals surface area contributed by atoms with Crippen molar-refractivity contribution in [1.82, 2.24) is 5.32 Å². The Hall–Kier alpha value is -0.630. The van der Waals surface area contributed by atoms with Crippen molar-refractivity contribution in [2.24, 2.45) is 5.92 Å². The minimum atomic E-state index is 0.431. The Bertz CT molecular complexity index is 277. The lowest BCUT2D eigenvalue weighted by atomic mass is 9.89. The number of carbonyl (C=O) groups is 1. The first-order chi connectivity index (χ1) is 8.36. The van der Waals surface area contributed by atoms with Crippen LogP contribution >= 0.6 is 0 Å². The van der Waals surface area contributed by atoms with Crippen LogP contribution in [0.1, 0.15) is 57.8 Å². The van der Waals surface area contributed by atoms with Crippen LogP contribution in [-0.2, 0) is 4.79 Å². The Balaban J connectivity index is 1.84. The van der Waals surface area contributed by atoms with Gasteiger partial charge in [-0.3, -0.25) is 4.79 Å². The molecule has 0 spiro atoms. The zero-order valence-corrected chi connectivity index (χ0v) is 10.8. The Morgan fingerprint density at radius 2 is 2.12 bits per heavy atom. The van der Waals surface area contributed by atoms with Crippen molar-refractivity contribution in [2.75, 3.05) is 13.1 Å². The van der Waals surface area contributed by atoms with Gasteiger partial charge in [0.05, 0.1) is 0 Å². The van der Waals surface area contributed by atoms with Gasteiger partial charge >= 0.3 is 0 Å². The van der Waals surface area contributed by atoms with Crippen LogP contribution in [0.2, 0.25) is 0 Å². The number of hydrogen-bond acceptors (Lipinski definition) is 2. The van der Waals surface area contributed by atoms with E-state index >= 15 is 0 Å². The fourth-order valence-corrected chi connectivity index (χ4v) is 2.94. The van der Waals surface area contributed by atoms with Gasteiger partial charge in [0.15, 0.2) is 5.78 Å². The van der Waals surface area contributed by atoms with Gasteiger partial charge in [0.1, 0.15) is 0 Å². The summed E-state index contributed by atoms with van der Waals surface area (Å²) in [6.45, 7) is 2.17. The number of ketones is 1. The molecule has 0 aromatic carbocycles. The topological polar surface area (TPSA) is 29.1 Å². The molecule has 2 heteroatoms. The monoisotopic (exact) mass is 235 g/mol. The normalized spacial score (nSPS) is 26.8. The second-order valence-electron chi connectivity index (χ2n) is 5.52. The summed E-state index contributed by atoms with van der Waals surface area (Å²) in [5, 5.41) is 3.39. The maximum Gasteiger partial charge on any atom is 0.158 e. The van der Waals surface area contributed by atoms with Crippen LogP contribution in [0.5, 0.6) is 0 Å². The average Bonchev–Trinajstić information content (AvgIpc) is 2.29. The highest BCUT2D eigenvalue weighted by Crippen LogP contribution is 2.22. The quantitative estimate of drug-likeness (QED) is 0.813. The van der Waals surface area contributed by atoms with Crippen molar-refractivity contribution in [3.8, 4) is 0 Å². The minimum Gasteiger partial charge on any atom is -0.316 e. The van der Waals surface area contributed by atoms with Crippen molar-refractivity contribution in [3.63, 3.8) is 0 Å². The first-order valence-electron chi connectivity index (χ1n) is 7.29.